The van der Waals surface area contributed by atoms with Crippen molar-refractivity contribution in [1.82, 2.24) is 0 Å². The van der Waals surface area contributed by atoms with Gasteiger partial charge in [-0.05, 0) is 37.3 Å². The molecule has 0 aliphatic rings. The van der Waals surface area contributed by atoms with Crippen molar-refractivity contribution >= 4 is 23.3 Å². The summed E-state index contributed by atoms with van der Waals surface area (Å²) in [6, 6.07) is 15.1. The molecule has 2 rings (SSSR count). The number of nitrogens with one attached hydrogen (secondary N) is 2. The first kappa shape index (κ1) is 15.4. The largest absolute Gasteiger partial charge is 0.481 e. The maximum atomic E-state index is 12.1. The second-order valence-electron chi connectivity index (χ2n) is 4.63. The molecule has 0 aliphatic carbocycles. The van der Waals surface area contributed by atoms with E-state index in [4.69, 9.17) is 10.5 Å². The van der Waals surface area contributed by atoms with Crippen molar-refractivity contribution in [2.24, 2.45) is 5.73 Å². The van der Waals surface area contributed by atoms with E-state index >= 15 is 0 Å². The zero-order chi connectivity index (χ0) is 15.9. The van der Waals surface area contributed by atoms with E-state index in [1.54, 1.807) is 43.3 Å². The fraction of sp³-hybridized carbons (Fsp3) is 0.125. The molecular weight excluding hydrogens is 282 g/mol. The van der Waals surface area contributed by atoms with E-state index in [9.17, 15) is 9.59 Å². The fourth-order valence-electron chi connectivity index (χ4n) is 1.82. The monoisotopic (exact) mass is 299 g/mol. The molecule has 2 aromatic rings. The third-order valence-corrected chi connectivity index (χ3v) is 2.82. The van der Waals surface area contributed by atoms with E-state index in [0.29, 0.717) is 17.1 Å². The van der Waals surface area contributed by atoms with Gasteiger partial charge in [0.2, 0.25) is 0 Å². The number of carbonyl (C=O) groups is 2. The quantitative estimate of drug-likeness (QED) is 0.792. The normalized spacial score (nSPS) is 11.3. The standard InChI is InChI=1S/C16H17N3O3/c1-11(22-14-8-3-2-4-9-14)15(20)18-12-6-5-7-13(10-12)19-16(17)21/h2-11H,1H3,(H,18,20)(H3,17,19,21). The van der Waals surface area contributed by atoms with Crippen LogP contribution in [0, 0.1) is 0 Å². The van der Waals surface area contributed by atoms with Crippen LogP contribution in [0.5, 0.6) is 5.75 Å². The predicted octanol–water partition coefficient (Wildman–Crippen LogP) is 2.58. The van der Waals surface area contributed by atoms with E-state index in [-0.39, 0.29) is 5.91 Å². The van der Waals surface area contributed by atoms with Gasteiger partial charge in [-0.2, -0.15) is 0 Å². The molecule has 1 unspecified atom stereocenters. The van der Waals surface area contributed by atoms with Gasteiger partial charge in [0, 0.05) is 11.4 Å². The fourth-order valence-corrected chi connectivity index (χ4v) is 1.82. The summed E-state index contributed by atoms with van der Waals surface area (Å²) in [4.78, 5) is 22.9. The van der Waals surface area contributed by atoms with Crippen molar-refractivity contribution in [1.29, 1.82) is 0 Å². The number of hydrogen-bond donors (Lipinski definition) is 3. The Morgan fingerprint density at radius 2 is 1.64 bits per heavy atom. The molecule has 22 heavy (non-hydrogen) atoms. The first-order chi connectivity index (χ1) is 10.5. The average molecular weight is 299 g/mol. The van der Waals surface area contributed by atoms with Crippen LogP contribution >= 0.6 is 0 Å². The molecule has 0 bridgehead atoms. The smallest absolute Gasteiger partial charge is 0.316 e. The van der Waals surface area contributed by atoms with Gasteiger partial charge in [-0.1, -0.05) is 24.3 Å². The zero-order valence-electron chi connectivity index (χ0n) is 12.1. The molecule has 0 heterocycles. The summed E-state index contributed by atoms with van der Waals surface area (Å²) in [5, 5.41) is 5.16. The van der Waals surface area contributed by atoms with Crippen molar-refractivity contribution < 1.29 is 14.3 Å². The van der Waals surface area contributed by atoms with Gasteiger partial charge in [-0.15, -0.1) is 0 Å². The highest BCUT2D eigenvalue weighted by molar-refractivity contribution is 5.95. The molecule has 0 aliphatic heterocycles. The molecule has 0 spiro atoms. The third-order valence-electron chi connectivity index (χ3n) is 2.82. The Labute approximate surface area is 128 Å². The number of amides is 3. The summed E-state index contributed by atoms with van der Waals surface area (Å²) < 4.78 is 5.54. The van der Waals surface area contributed by atoms with Crippen LogP contribution in [0.4, 0.5) is 16.2 Å². The van der Waals surface area contributed by atoms with Gasteiger partial charge in [0.1, 0.15) is 5.75 Å². The number of anilines is 2. The Hall–Kier alpha value is -3.02. The number of hydrogen-bond acceptors (Lipinski definition) is 3. The molecule has 4 N–H and O–H groups in total. The number of ether oxygens (including phenoxy) is 1. The van der Waals surface area contributed by atoms with E-state index < -0.39 is 12.1 Å². The number of benzene rings is 2. The number of para-hydroxylation sites is 1. The molecule has 0 fully saturated rings. The lowest BCUT2D eigenvalue weighted by Gasteiger charge is -2.15. The number of nitrogens with two attached hydrogens (primary N) is 1. The van der Waals surface area contributed by atoms with Crippen LogP contribution in [0.3, 0.4) is 0 Å². The predicted molar refractivity (Wildman–Crippen MR) is 84.8 cm³/mol. The summed E-state index contributed by atoms with van der Waals surface area (Å²) in [5.74, 6) is 0.328. The van der Waals surface area contributed by atoms with Crippen LogP contribution in [0.1, 0.15) is 6.92 Å². The minimum absolute atomic E-state index is 0.292. The Kier molecular flexibility index (Phi) is 4.98. The average Bonchev–Trinajstić information content (AvgIpc) is 2.48. The van der Waals surface area contributed by atoms with Gasteiger partial charge in [0.15, 0.2) is 6.10 Å². The SMILES string of the molecule is CC(Oc1ccccc1)C(=O)Nc1cccc(NC(N)=O)c1. The van der Waals surface area contributed by atoms with Crippen LogP contribution in [0.25, 0.3) is 0 Å². The highest BCUT2D eigenvalue weighted by Gasteiger charge is 2.14. The molecule has 114 valence electrons. The van der Waals surface area contributed by atoms with Crippen LogP contribution in [0.15, 0.2) is 54.6 Å². The molecule has 0 saturated carbocycles. The molecule has 1 atom stereocenters. The molecule has 0 radical (unpaired) electrons. The van der Waals surface area contributed by atoms with Crippen molar-refractivity contribution in [3.63, 3.8) is 0 Å². The number of primary amides is 1. The lowest BCUT2D eigenvalue weighted by molar-refractivity contribution is -0.122. The van der Waals surface area contributed by atoms with Gasteiger partial charge in [-0.25, -0.2) is 4.79 Å². The minimum atomic E-state index is -0.663. The molecule has 0 aromatic heterocycles. The van der Waals surface area contributed by atoms with Crippen molar-refractivity contribution in [3.8, 4) is 5.75 Å². The minimum Gasteiger partial charge on any atom is -0.481 e. The zero-order valence-corrected chi connectivity index (χ0v) is 12.1. The van der Waals surface area contributed by atoms with Gasteiger partial charge < -0.3 is 21.1 Å². The van der Waals surface area contributed by atoms with Gasteiger partial charge >= 0.3 is 6.03 Å². The molecule has 2 aromatic carbocycles. The molecule has 0 saturated heterocycles. The number of urea groups is 1. The highest BCUT2D eigenvalue weighted by atomic mass is 16.5. The first-order valence-corrected chi connectivity index (χ1v) is 6.73. The lowest BCUT2D eigenvalue weighted by Crippen LogP contribution is -2.30. The first-order valence-electron chi connectivity index (χ1n) is 6.73. The summed E-state index contributed by atoms with van der Waals surface area (Å²) >= 11 is 0. The Balaban J connectivity index is 1.97. The van der Waals surface area contributed by atoms with Crippen molar-refractivity contribution in [3.05, 3.63) is 54.6 Å². The summed E-state index contributed by atoms with van der Waals surface area (Å²) in [6.45, 7) is 1.66. The number of rotatable bonds is 5. The van der Waals surface area contributed by atoms with Crippen molar-refractivity contribution in [2.45, 2.75) is 13.0 Å². The second kappa shape index (κ2) is 7.12. The van der Waals surface area contributed by atoms with Crippen LogP contribution in [-0.2, 0) is 4.79 Å². The maximum Gasteiger partial charge on any atom is 0.316 e. The Morgan fingerprint density at radius 3 is 2.27 bits per heavy atom. The van der Waals surface area contributed by atoms with Crippen LogP contribution in [0.2, 0.25) is 0 Å². The maximum absolute atomic E-state index is 12.1. The molecular formula is C16H17N3O3. The summed E-state index contributed by atoms with van der Waals surface area (Å²) in [7, 11) is 0. The number of carbonyl (C=O) groups excluding carboxylic acids is 2. The van der Waals surface area contributed by atoms with Gasteiger partial charge in [0.05, 0.1) is 0 Å². The van der Waals surface area contributed by atoms with E-state index in [0.717, 1.165) is 0 Å². The Morgan fingerprint density at radius 1 is 1.00 bits per heavy atom. The van der Waals surface area contributed by atoms with Crippen LogP contribution < -0.4 is 21.1 Å². The van der Waals surface area contributed by atoms with Gasteiger partial charge in [0.25, 0.3) is 5.91 Å². The molecule has 6 nitrogen and oxygen atoms in total. The third kappa shape index (κ3) is 4.52. The van der Waals surface area contributed by atoms with E-state index in [1.807, 2.05) is 18.2 Å². The second-order valence-corrected chi connectivity index (χ2v) is 4.63. The highest BCUT2D eigenvalue weighted by Crippen LogP contribution is 2.16. The molecule has 3 amide bonds. The van der Waals surface area contributed by atoms with Gasteiger partial charge in [-0.3, -0.25) is 4.79 Å². The topological polar surface area (TPSA) is 93.4 Å². The summed E-state index contributed by atoms with van der Waals surface area (Å²) in [5.41, 5.74) is 6.10. The van der Waals surface area contributed by atoms with E-state index in [1.165, 1.54) is 0 Å². The molecule has 6 heteroatoms. The Bertz CT molecular complexity index is 659. The lowest BCUT2D eigenvalue weighted by atomic mass is 10.2. The van der Waals surface area contributed by atoms with E-state index in [2.05, 4.69) is 10.6 Å². The van der Waals surface area contributed by atoms with Crippen molar-refractivity contribution in [2.75, 3.05) is 10.6 Å². The van der Waals surface area contributed by atoms with Crippen LogP contribution in [-0.4, -0.2) is 18.0 Å². The summed E-state index contributed by atoms with van der Waals surface area (Å²) in [6.07, 6.45) is -0.657.